The fraction of sp³-hybridized carbons (Fsp3) is 0.316. The first kappa shape index (κ1) is 19.5. The van der Waals surface area contributed by atoms with Crippen molar-refractivity contribution in [3.8, 4) is 0 Å². The number of nitrogens with one attached hydrogen (secondary N) is 2. The molecule has 1 amide bonds. The zero-order valence-electron chi connectivity index (χ0n) is 14.9. The van der Waals surface area contributed by atoms with Crippen molar-refractivity contribution >= 4 is 21.6 Å². The third kappa shape index (κ3) is 5.35. The Balaban J connectivity index is 1.50. The molecule has 2 N–H and O–H groups in total. The van der Waals surface area contributed by atoms with Crippen molar-refractivity contribution < 1.29 is 22.5 Å². The first-order chi connectivity index (χ1) is 12.9. The summed E-state index contributed by atoms with van der Waals surface area (Å²) in [5.41, 5.74) is 0.919. The fourth-order valence-corrected chi connectivity index (χ4v) is 4.65. The van der Waals surface area contributed by atoms with Crippen molar-refractivity contribution in [2.45, 2.75) is 5.75 Å². The van der Waals surface area contributed by atoms with Gasteiger partial charge in [0.25, 0.3) is 5.91 Å². The van der Waals surface area contributed by atoms with E-state index in [2.05, 4.69) is 5.32 Å². The number of nitrogens with zero attached hydrogens (tertiary/aromatic N) is 1. The van der Waals surface area contributed by atoms with Crippen LogP contribution in [0.15, 0.2) is 54.6 Å². The molecule has 1 aliphatic heterocycles. The molecular weight excluding hydrogens is 369 g/mol. The second-order valence-electron chi connectivity index (χ2n) is 6.60. The van der Waals surface area contributed by atoms with Gasteiger partial charge < -0.3 is 10.2 Å². The van der Waals surface area contributed by atoms with Crippen LogP contribution in [-0.2, 0) is 20.6 Å². The summed E-state index contributed by atoms with van der Waals surface area (Å²) in [7, 11) is -3.37. The molecule has 0 unspecified atom stereocenters. The molecule has 0 spiro atoms. The van der Waals surface area contributed by atoms with Crippen molar-refractivity contribution in [2.75, 3.05) is 38.0 Å². The molecule has 3 rings (SSSR count). The number of quaternary nitrogens is 1. The van der Waals surface area contributed by atoms with Crippen molar-refractivity contribution in [1.82, 2.24) is 4.31 Å². The van der Waals surface area contributed by atoms with Gasteiger partial charge in [0.05, 0.1) is 37.6 Å². The highest BCUT2D eigenvalue weighted by atomic mass is 32.2. The number of carbonyl (C=O) groups excluding carboxylic acids is 1. The van der Waals surface area contributed by atoms with E-state index in [1.54, 1.807) is 24.3 Å². The molecule has 1 aliphatic rings. The molecule has 0 aromatic heterocycles. The number of anilines is 1. The Morgan fingerprint density at radius 1 is 1.04 bits per heavy atom. The van der Waals surface area contributed by atoms with Crippen LogP contribution in [0.3, 0.4) is 0 Å². The number of amides is 1. The highest BCUT2D eigenvalue weighted by Gasteiger charge is 2.30. The molecule has 0 bridgehead atoms. The summed E-state index contributed by atoms with van der Waals surface area (Å²) in [6.07, 6.45) is 0. The molecule has 1 fully saturated rings. The Kier molecular flexibility index (Phi) is 6.20. The van der Waals surface area contributed by atoms with Crippen LogP contribution in [0.5, 0.6) is 0 Å². The summed E-state index contributed by atoms with van der Waals surface area (Å²) in [5, 5.41) is 2.56. The predicted octanol–water partition coefficient (Wildman–Crippen LogP) is 0.495. The van der Waals surface area contributed by atoms with E-state index < -0.39 is 15.8 Å². The summed E-state index contributed by atoms with van der Waals surface area (Å²) < 4.78 is 40.2. The Morgan fingerprint density at radius 3 is 2.33 bits per heavy atom. The van der Waals surface area contributed by atoms with Crippen molar-refractivity contribution in [2.24, 2.45) is 0 Å². The number of sulfonamides is 1. The van der Waals surface area contributed by atoms with Gasteiger partial charge in [-0.2, -0.15) is 4.31 Å². The fourth-order valence-electron chi connectivity index (χ4n) is 3.12. The third-order valence-corrected chi connectivity index (χ3v) is 6.42. The molecule has 0 saturated carbocycles. The van der Waals surface area contributed by atoms with E-state index >= 15 is 0 Å². The number of hydrogen-bond acceptors (Lipinski definition) is 3. The van der Waals surface area contributed by atoms with Crippen LogP contribution >= 0.6 is 0 Å². The Morgan fingerprint density at radius 2 is 1.67 bits per heavy atom. The molecule has 2 aromatic carbocycles. The van der Waals surface area contributed by atoms with Crippen molar-refractivity contribution in [3.05, 3.63) is 66.0 Å². The smallest absolute Gasteiger partial charge is 0.279 e. The first-order valence-corrected chi connectivity index (χ1v) is 10.4. The molecule has 1 heterocycles. The number of rotatable bonds is 6. The lowest BCUT2D eigenvalue weighted by molar-refractivity contribution is -0.895. The van der Waals surface area contributed by atoms with E-state index in [0.717, 1.165) is 10.5 Å². The number of halogens is 1. The number of carbonyl (C=O) groups is 1. The average molecular weight is 392 g/mol. The Labute approximate surface area is 158 Å². The van der Waals surface area contributed by atoms with Crippen LogP contribution in [0.1, 0.15) is 5.56 Å². The summed E-state index contributed by atoms with van der Waals surface area (Å²) in [5.74, 6) is -0.773. The molecule has 0 aliphatic carbocycles. The van der Waals surface area contributed by atoms with E-state index in [-0.39, 0.29) is 23.9 Å². The van der Waals surface area contributed by atoms with Crippen LogP contribution in [0.25, 0.3) is 0 Å². The second-order valence-corrected chi connectivity index (χ2v) is 8.56. The van der Waals surface area contributed by atoms with Gasteiger partial charge in [-0.1, -0.05) is 42.5 Å². The molecule has 0 atom stereocenters. The molecule has 1 saturated heterocycles. The van der Waals surface area contributed by atoms with E-state index in [9.17, 15) is 17.6 Å². The minimum absolute atomic E-state index is 0.0169. The van der Waals surface area contributed by atoms with Crippen molar-refractivity contribution in [1.29, 1.82) is 0 Å². The summed E-state index contributed by atoms with van der Waals surface area (Å²) in [6.45, 7) is 2.01. The third-order valence-electron chi connectivity index (χ3n) is 4.57. The van der Waals surface area contributed by atoms with Gasteiger partial charge >= 0.3 is 0 Å². The highest BCUT2D eigenvalue weighted by Crippen LogP contribution is 2.12. The second kappa shape index (κ2) is 8.60. The van der Waals surface area contributed by atoms with Crippen LogP contribution in [0.2, 0.25) is 0 Å². The lowest BCUT2D eigenvalue weighted by Crippen LogP contribution is -3.15. The van der Waals surface area contributed by atoms with Gasteiger partial charge in [-0.3, -0.25) is 4.79 Å². The largest absolute Gasteiger partial charge is 0.325 e. The average Bonchev–Trinajstić information content (AvgIpc) is 2.64. The molecular formula is C19H23FN3O3S+. The summed E-state index contributed by atoms with van der Waals surface area (Å²) in [6, 6.07) is 15.1. The maximum atomic E-state index is 13.6. The lowest BCUT2D eigenvalue weighted by Gasteiger charge is -2.31. The normalized spacial score (nSPS) is 16.2. The topological polar surface area (TPSA) is 70.9 Å². The molecule has 0 radical (unpaired) electrons. The monoisotopic (exact) mass is 392 g/mol. The summed E-state index contributed by atoms with van der Waals surface area (Å²) in [4.78, 5) is 13.1. The van der Waals surface area contributed by atoms with Gasteiger partial charge in [-0.05, 0) is 17.7 Å². The van der Waals surface area contributed by atoms with E-state index in [4.69, 9.17) is 0 Å². The van der Waals surface area contributed by atoms with E-state index in [1.165, 1.54) is 16.4 Å². The Bertz CT molecular complexity index is 882. The highest BCUT2D eigenvalue weighted by molar-refractivity contribution is 7.88. The van der Waals surface area contributed by atoms with Gasteiger partial charge in [0, 0.05) is 0 Å². The molecule has 6 nitrogen and oxygen atoms in total. The standard InChI is InChI=1S/C19H22FN3O3S/c20-17-8-4-5-9-18(17)21-19(24)14-22-10-12-23(13-11-22)27(25,26)15-16-6-2-1-3-7-16/h1-9H,10-15H2,(H,21,24)/p+1. The maximum absolute atomic E-state index is 13.6. The number of piperazine rings is 1. The van der Waals surface area contributed by atoms with Crippen LogP contribution in [0, 0.1) is 5.82 Å². The van der Waals surface area contributed by atoms with Gasteiger partial charge in [0.15, 0.2) is 6.54 Å². The lowest BCUT2D eigenvalue weighted by atomic mass is 10.2. The minimum atomic E-state index is -3.37. The van der Waals surface area contributed by atoms with E-state index in [0.29, 0.717) is 26.2 Å². The zero-order chi connectivity index (χ0) is 19.3. The predicted molar refractivity (Wildman–Crippen MR) is 101 cm³/mol. The summed E-state index contributed by atoms with van der Waals surface area (Å²) >= 11 is 0. The molecule has 8 heteroatoms. The Hall–Kier alpha value is -2.29. The molecule has 27 heavy (non-hydrogen) atoms. The maximum Gasteiger partial charge on any atom is 0.279 e. The molecule has 144 valence electrons. The zero-order valence-corrected chi connectivity index (χ0v) is 15.7. The number of benzene rings is 2. The quantitative estimate of drug-likeness (QED) is 0.752. The van der Waals surface area contributed by atoms with Gasteiger partial charge in [-0.25, -0.2) is 12.8 Å². The minimum Gasteiger partial charge on any atom is -0.325 e. The first-order valence-electron chi connectivity index (χ1n) is 8.84. The van der Waals surface area contributed by atoms with Crippen molar-refractivity contribution in [3.63, 3.8) is 0 Å². The number of hydrogen-bond donors (Lipinski definition) is 2. The van der Waals surface area contributed by atoms with Crippen LogP contribution in [0.4, 0.5) is 10.1 Å². The number of para-hydroxylation sites is 1. The van der Waals surface area contributed by atoms with Gasteiger partial charge in [-0.15, -0.1) is 0 Å². The van der Waals surface area contributed by atoms with Crippen LogP contribution in [-0.4, -0.2) is 51.4 Å². The van der Waals surface area contributed by atoms with E-state index in [1.807, 2.05) is 18.2 Å². The van der Waals surface area contributed by atoms with Crippen LogP contribution < -0.4 is 10.2 Å². The van der Waals surface area contributed by atoms with Gasteiger partial charge in [0.2, 0.25) is 10.0 Å². The SMILES string of the molecule is O=C(C[NH+]1CCN(S(=O)(=O)Cc2ccccc2)CC1)Nc1ccccc1F. The van der Waals surface area contributed by atoms with Gasteiger partial charge in [0.1, 0.15) is 5.82 Å². The molecule has 2 aromatic rings.